The Morgan fingerprint density at radius 1 is 0.377 bits per heavy atom. The average Bonchev–Trinajstić information content (AvgIpc) is 3.94. The number of fused-ring (bicyclic) bond motifs is 7. The van der Waals surface area contributed by atoms with Crippen LogP contribution in [-0.4, -0.2) is 19.9 Å². The molecule has 0 unspecified atom stereocenters. The number of thiazole rings is 1. The molecule has 0 bridgehead atoms. The van der Waals surface area contributed by atoms with Crippen LogP contribution < -0.4 is 0 Å². The molecular weight excluding hydrogens is 689 g/mol. The first-order valence-electron chi connectivity index (χ1n) is 17.4. The molecule has 0 saturated heterocycles. The fraction of sp³-hybridized carbons (Fsp3) is 0. The molecule has 5 nitrogen and oxygen atoms in total. The monoisotopic (exact) mass is 714 g/mol. The van der Waals surface area contributed by atoms with Gasteiger partial charge in [-0.15, -0.1) is 22.7 Å². The smallest absolute Gasteiger partial charge is 0.164 e. The quantitative estimate of drug-likeness (QED) is 0.178. The van der Waals surface area contributed by atoms with Crippen molar-refractivity contribution in [2.45, 2.75) is 0 Å². The average molecular weight is 715 g/mol. The van der Waals surface area contributed by atoms with E-state index in [2.05, 4.69) is 91.0 Å². The molecule has 0 aliphatic heterocycles. The zero-order valence-electron chi connectivity index (χ0n) is 28.0. The van der Waals surface area contributed by atoms with Crippen molar-refractivity contribution in [3.05, 3.63) is 158 Å². The summed E-state index contributed by atoms with van der Waals surface area (Å²) in [6.45, 7) is 0. The van der Waals surface area contributed by atoms with Gasteiger partial charge in [-0.2, -0.15) is 0 Å². The van der Waals surface area contributed by atoms with E-state index in [9.17, 15) is 0 Å². The van der Waals surface area contributed by atoms with Gasteiger partial charge < -0.3 is 4.42 Å². The maximum absolute atomic E-state index is 6.26. The lowest BCUT2D eigenvalue weighted by atomic mass is 9.99. The second kappa shape index (κ2) is 12.0. The highest BCUT2D eigenvalue weighted by atomic mass is 32.1. The first-order chi connectivity index (χ1) is 26.2. The molecule has 0 amide bonds. The van der Waals surface area contributed by atoms with E-state index in [-0.39, 0.29) is 0 Å². The second-order valence-corrected chi connectivity index (χ2v) is 15.1. The molecule has 11 aromatic rings. The number of rotatable bonds is 5. The van der Waals surface area contributed by atoms with Crippen LogP contribution in [0.4, 0.5) is 0 Å². The van der Waals surface area contributed by atoms with Gasteiger partial charge in [0.25, 0.3) is 0 Å². The van der Waals surface area contributed by atoms with Crippen LogP contribution in [0.3, 0.4) is 0 Å². The number of para-hydroxylation sites is 2. The molecule has 0 atom stereocenters. The van der Waals surface area contributed by atoms with Crippen molar-refractivity contribution in [1.29, 1.82) is 0 Å². The summed E-state index contributed by atoms with van der Waals surface area (Å²) in [6, 6.07) is 54.6. The van der Waals surface area contributed by atoms with E-state index in [4.69, 9.17) is 24.4 Å². The Hall–Kier alpha value is -6.54. The number of thiophene rings is 1. The van der Waals surface area contributed by atoms with Gasteiger partial charge in [-0.3, -0.25) is 0 Å². The summed E-state index contributed by atoms with van der Waals surface area (Å²) in [7, 11) is 0. The normalized spacial score (nSPS) is 11.8. The summed E-state index contributed by atoms with van der Waals surface area (Å²) in [5.74, 6) is 1.86. The van der Waals surface area contributed by atoms with Crippen molar-refractivity contribution in [2.24, 2.45) is 0 Å². The Bertz CT molecular complexity index is 3160. The molecule has 11 rings (SSSR count). The number of hydrogen-bond donors (Lipinski definition) is 0. The first-order valence-corrected chi connectivity index (χ1v) is 19.0. The number of hydrogen-bond acceptors (Lipinski definition) is 7. The Balaban J connectivity index is 1.10. The molecule has 0 spiro atoms. The van der Waals surface area contributed by atoms with Crippen LogP contribution in [0.5, 0.6) is 0 Å². The van der Waals surface area contributed by atoms with Crippen molar-refractivity contribution in [2.75, 3.05) is 0 Å². The lowest BCUT2D eigenvalue weighted by molar-refractivity contribution is 0.669. The maximum Gasteiger partial charge on any atom is 0.164 e. The van der Waals surface area contributed by atoms with E-state index < -0.39 is 0 Å². The minimum absolute atomic E-state index is 0.606. The van der Waals surface area contributed by atoms with Crippen molar-refractivity contribution in [3.63, 3.8) is 0 Å². The molecule has 0 aliphatic carbocycles. The Morgan fingerprint density at radius 2 is 1.04 bits per heavy atom. The minimum atomic E-state index is 0.606. The standard InChI is InChI=1S/C46H26N4OS2/c1-2-11-27(12-3-1)43-48-44(32-16-9-20-37-41(32)31-15-4-6-19-36(31)51-37)50-45(49-43)33-17-10-22-40-42(33)34-26-29(23-24-38(34)52-40)28-13-8-14-30(25-28)46-47-35-18-5-7-21-39(35)53-46/h1-26H. The molecule has 4 aromatic heterocycles. The van der Waals surface area contributed by atoms with Gasteiger partial charge in [0.05, 0.1) is 10.2 Å². The van der Waals surface area contributed by atoms with Gasteiger partial charge in [-0.25, -0.2) is 19.9 Å². The van der Waals surface area contributed by atoms with Gasteiger partial charge in [-0.05, 0) is 59.7 Å². The molecule has 0 radical (unpaired) electrons. The Labute approximate surface area is 311 Å². The van der Waals surface area contributed by atoms with E-state index in [0.717, 1.165) is 71.2 Å². The maximum atomic E-state index is 6.26. The van der Waals surface area contributed by atoms with Crippen molar-refractivity contribution in [3.8, 4) is 55.9 Å². The predicted octanol–water partition coefficient (Wildman–Crippen LogP) is 13.1. The molecule has 7 heteroatoms. The topological polar surface area (TPSA) is 64.7 Å². The van der Waals surface area contributed by atoms with Gasteiger partial charge >= 0.3 is 0 Å². The lowest BCUT2D eigenvalue weighted by Crippen LogP contribution is -2.00. The van der Waals surface area contributed by atoms with Crippen molar-refractivity contribution >= 4 is 75.0 Å². The fourth-order valence-electron chi connectivity index (χ4n) is 7.31. The highest BCUT2D eigenvalue weighted by Crippen LogP contribution is 2.43. The Morgan fingerprint density at radius 3 is 1.92 bits per heavy atom. The summed E-state index contributed by atoms with van der Waals surface area (Å²) in [5.41, 5.74) is 8.89. The minimum Gasteiger partial charge on any atom is -0.456 e. The predicted molar refractivity (Wildman–Crippen MR) is 220 cm³/mol. The SMILES string of the molecule is c1ccc(-c2nc(-c3cccc4oc5ccccc5c34)nc(-c3cccc4sc5ccc(-c6cccc(-c7nc8ccccc8s7)c6)cc5c34)n2)cc1. The molecular formula is C46H26N4OS2. The summed E-state index contributed by atoms with van der Waals surface area (Å²) in [6.07, 6.45) is 0. The van der Waals surface area contributed by atoms with E-state index >= 15 is 0 Å². The molecule has 4 heterocycles. The third kappa shape index (κ3) is 5.04. The zero-order valence-corrected chi connectivity index (χ0v) is 29.7. The van der Waals surface area contributed by atoms with Crippen molar-refractivity contribution in [1.82, 2.24) is 19.9 Å². The molecule has 0 fully saturated rings. The van der Waals surface area contributed by atoms with E-state index in [1.54, 1.807) is 22.7 Å². The second-order valence-electron chi connectivity index (χ2n) is 13.0. The van der Waals surface area contributed by atoms with Gasteiger partial charge in [0, 0.05) is 53.2 Å². The van der Waals surface area contributed by atoms with Crippen LogP contribution in [0.25, 0.3) is 108 Å². The molecule has 0 N–H and O–H groups in total. The molecule has 248 valence electrons. The van der Waals surface area contributed by atoms with Crippen LogP contribution in [0.15, 0.2) is 162 Å². The van der Waals surface area contributed by atoms with Crippen molar-refractivity contribution < 1.29 is 4.42 Å². The summed E-state index contributed by atoms with van der Waals surface area (Å²) >= 11 is 3.52. The summed E-state index contributed by atoms with van der Waals surface area (Å²) < 4.78 is 9.85. The fourth-order valence-corrected chi connectivity index (χ4v) is 9.39. The third-order valence-electron chi connectivity index (χ3n) is 9.78. The third-order valence-corrected chi connectivity index (χ3v) is 12.0. The van der Waals surface area contributed by atoms with Gasteiger partial charge in [0.2, 0.25) is 0 Å². The zero-order chi connectivity index (χ0) is 34.9. The number of nitrogens with zero attached hydrogens (tertiary/aromatic N) is 4. The highest BCUT2D eigenvalue weighted by molar-refractivity contribution is 7.26. The molecule has 53 heavy (non-hydrogen) atoms. The lowest BCUT2D eigenvalue weighted by Gasteiger charge is -2.10. The number of benzene rings is 7. The van der Waals surface area contributed by atoms with E-state index in [0.29, 0.717) is 17.5 Å². The van der Waals surface area contributed by atoms with Crippen LogP contribution >= 0.6 is 22.7 Å². The first kappa shape index (κ1) is 30.1. The van der Waals surface area contributed by atoms with E-state index in [1.165, 1.54) is 19.5 Å². The Kier molecular flexibility index (Phi) is 6.83. The molecule has 7 aromatic carbocycles. The van der Waals surface area contributed by atoms with Crippen LogP contribution in [-0.2, 0) is 0 Å². The summed E-state index contributed by atoms with van der Waals surface area (Å²) in [4.78, 5) is 20.4. The number of furan rings is 1. The van der Waals surface area contributed by atoms with Gasteiger partial charge in [-0.1, -0.05) is 109 Å². The van der Waals surface area contributed by atoms with E-state index in [1.807, 2.05) is 66.7 Å². The highest BCUT2D eigenvalue weighted by Gasteiger charge is 2.20. The summed E-state index contributed by atoms with van der Waals surface area (Å²) in [5, 5.41) is 5.37. The van der Waals surface area contributed by atoms with Gasteiger partial charge in [0.1, 0.15) is 16.2 Å². The largest absolute Gasteiger partial charge is 0.456 e. The van der Waals surface area contributed by atoms with Crippen LogP contribution in [0.2, 0.25) is 0 Å². The van der Waals surface area contributed by atoms with Crippen LogP contribution in [0.1, 0.15) is 0 Å². The number of aromatic nitrogens is 4. The van der Waals surface area contributed by atoms with Crippen LogP contribution in [0, 0.1) is 0 Å². The molecule has 0 saturated carbocycles. The van der Waals surface area contributed by atoms with Gasteiger partial charge in [0.15, 0.2) is 17.5 Å². The molecule has 0 aliphatic rings.